The van der Waals surface area contributed by atoms with Crippen LogP contribution in [0.1, 0.15) is 24.2 Å². The number of methoxy groups -OCH3 is 1. The molecular weight excluding hydrogens is 226 g/mol. The van der Waals surface area contributed by atoms with E-state index >= 15 is 0 Å². The van der Waals surface area contributed by atoms with Gasteiger partial charge < -0.3 is 10.1 Å². The maximum atomic E-state index is 5.14. The van der Waals surface area contributed by atoms with Crippen molar-refractivity contribution >= 4 is 5.69 Å². The summed E-state index contributed by atoms with van der Waals surface area (Å²) >= 11 is 0. The van der Waals surface area contributed by atoms with Gasteiger partial charge in [0.1, 0.15) is 5.75 Å². The molecule has 0 aliphatic carbocycles. The minimum Gasteiger partial charge on any atom is -0.497 e. The molecule has 0 bridgehead atoms. The second kappa shape index (κ2) is 5.12. The largest absolute Gasteiger partial charge is 0.497 e. The van der Waals surface area contributed by atoms with E-state index in [-0.39, 0.29) is 6.04 Å². The summed E-state index contributed by atoms with van der Waals surface area (Å²) in [6.45, 7) is 4.16. The molecule has 18 heavy (non-hydrogen) atoms. The summed E-state index contributed by atoms with van der Waals surface area (Å²) in [5.74, 6) is 0.866. The first-order valence-corrected chi connectivity index (χ1v) is 6.01. The molecule has 1 aromatic heterocycles. The van der Waals surface area contributed by atoms with Crippen LogP contribution in [-0.4, -0.2) is 16.9 Å². The van der Waals surface area contributed by atoms with Gasteiger partial charge in [0.05, 0.1) is 18.8 Å². The van der Waals surface area contributed by atoms with E-state index in [1.165, 1.54) is 5.56 Å². The van der Waals surface area contributed by atoms with E-state index in [4.69, 9.17) is 4.74 Å². The number of anilines is 1. The van der Waals surface area contributed by atoms with Crippen molar-refractivity contribution in [2.75, 3.05) is 12.4 Å². The molecule has 0 aliphatic rings. The normalized spacial score (nSPS) is 12.2. The number of rotatable bonds is 4. The van der Waals surface area contributed by atoms with Gasteiger partial charge in [-0.1, -0.05) is 0 Å². The first-order valence-electron chi connectivity index (χ1n) is 6.01. The van der Waals surface area contributed by atoms with Crippen LogP contribution in [0.15, 0.2) is 30.5 Å². The topological polar surface area (TPSA) is 39.1 Å². The third-order valence-corrected chi connectivity index (χ3v) is 2.99. The number of benzene rings is 1. The SMILES string of the molecule is COc1ccc(NC(C)c2cn(C)nc2C)cc1. The van der Waals surface area contributed by atoms with Crippen LogP contribution >= 0.6 is 0 Å². The molecule has 0 fully saturated rings. The van der Waals surface area contributed by atoms with Crippen molar-refractivity contribution in [3.05, 3.63) is 41.7 Å². The summed E-state index contributed by atoms with van der Waals surface area (Å²) in [5, 5.41) is 7.81. The van der Waals surface area contributed by atoms with Crippen molar-refractivity contribution in [1.82, 2.24) is 9.78 Å². The highest BCUT2D eigenvalue weighted by Gasteiger charge is 2.11. The molecule has 1 heterocycles. The van der Waals surface area contributed by atoms with Crippen molar-refractivity contribution in [2.45, 2.75) is 19.9 Å². The lowest BCUT2D eigenvalue weighted by molar-refractivity contribution is 0.415. The van der Waals surface area contributed by atoms with E-state index < -0.39 is 0 Å². The molecule has 4 heteroatoms. The predicted molar refractivity (Wildman–Crippen MR) is 73.0 cm³/mol. The lowest BCUT2D eigenvalue weighted by atomic mass is 10.1. The average molecular weight is 245 g/mol. The van der Waals surface area contributed by atoms with Crippen LogP contribution in [0.25, 0.3) is 0 Å². The first kappa shape index (κ1) is 12.5. The third kappa shape index (κ3) is 2.64. The van der Waals surface area contributed by atoms with E-state index in [1.807, 2.05) is 42.9 Å². The summed E-state index contributed by atoms with van der Waals surface area (Å²) in [6, 6.07) is 8.16. The Labute approximate surface area is 108 Å². The van der Waals surface area contributed by atoms with Crippen molar-refractivity contribution in [1.29, 1.82) is 0 Å². The second-order valence-electron chi connectivity index (χ2n) is 4.44. The molecule has 1 atom stereocenters. The molecule has 2 aromatic rings. The zero-order chi connectivity index (χ0) is 13.1. The average Bonchev–Trinajstić information content (AvgIpc) is 2.69. The summed E-state index contributed by atoms with van der Waals surface area (Å²) < 4.78 is 6.98. The van der Waals surface area contributed by atoms with Crippen LogP contribution in [-0.2, 0) is 7.05 Å². The number of hydrogen-bond donors (Lipinski definition) is 1. The van der Waals surface area contributed by atoms with Gasteiger partial charge in [-0.15, -0.1) is 0 Å². The number of ether oxygens (including phenoxy) is 1. The Kier molecular flexibility index (Phi) is 3.55. The van der Waals surface area contributed by atoms with E-state index in [0.29, 0.717) is 0 Å². The summed E-state index contributed by atoms with van der Waals surface area (Å²) in [6.07, 6.45) is 2.05. The molecule has 2 rings (SSSR count). The Bertz CT molecular complexity index is 516. The summed E-state index contributed by atoms with van der Waals surface area (Å²) in [5.41, 5.74) is 3.35. The van der Waals surface area contributed by atoms with Crippen molar-refractivity contribution in [3.8, 4) is 5.75 Å². The zero-order valence-electron chi connectivity index (χ0n) is 11.3. The number of hydrogen-bond acceptors (Lipinski definition) is 3. The number of nitrogens with zero attached hydrogens (tertiary/aromatic N) is 2. The van der Waals surface area contributed by atoms with Gasteiger partial charge in [-0.3, -0.25) is 4.68 Å². The Morgan fingerprint density at radius 1 is 1.28 bits per heavy atom. The number of aryl methyl sites for hydroxylation is 2. The van der Waals surface area contributed by atoms with Crippen molar-refractivity contribution in [3.63, 3.8) is 0 Å². The Morgan fingerprint density at radius 2 is 1.94 bits per heavy atom. The van der Waals surface area contributed by atoms with Gasteiger partial charge >= 0.3 is 0 Å². The maximum Gasteiger partial charge on any atom is 0.119 e. The molecule has 4 nitrogen and oxygen atoms in total. The number of nitrogens with one attached hydrogen (secondary N) is 1. The van der Waals surface area contributed by atoms with Gasteiger partial charge in [-0.05, 0) is 38.1 Å². The quantitative estimate of drug-likeness (QED) is 0.900. The van der Waals surface area contributed by atoms with Gasteiger partial charge in [0.25, 0.3) is 0 Å². The molecule has 1 N–H and O–H groups in total. The van der Waals surface area contributed by atoms with Crippen LogP contribution in [0.5, 0.6) is 5.75 Å². The lowest BCUT2D eigenvalue weighted by Crippen LogP contribution is -2.06. The molecule has 1 aromatic carbocycles. The fourth-order valence-electron chi connectivity index (χ4n) is 2.06. The minimum atomic E-state index is 0.229. The first-order chi connectivity index (χ1) is 8.60. The standard InChI is InChI=1S/C14H19N3O/c1-10(14-9-17(3)16-11(14)2)15-12-5-7-13(18-4)8-6-12/h5-10,15H,1-4H3. The monoisotopic (exact) mass is 245 g/mol. The zero-order valence-corrected chi connectivity index (χ0v) is 11.3. The van der Waals surface area contributed by atoms with Gasteiger partial charge in [0, 0.05) is 24.5 Å². The highest BCUT2D eigenvalue weighted by Crippen LogP contribution is 2.22. The fraction of sp³-hybridized carbons (Fsp3) is 0.357. The molecule has 0 amide bonds. The van der Waals surface area contributed by atoms with Gasteiger partial charge in [-0.25, -0.2) is 0 Å². The van der Waals surface area contributed by atoms with E-state index in [2.05, 4.69) is 23.5 Å². The van der Waals surface area contributed by atoms with E-state index in [0.717, 1.165) is 17.1 Å². The smallest absolute Gasteiger partial charge is 0.119 e. The van der Waals surface area contributed by atoms with Crippen LogP contribution in [0.2, 0.25) is 0 Å². The number of aromatic nitrogens is 2. The van der Waals surface area contributed by atoms with Crippen molar-refractivity contribution in [2.24, 2.45) is 7.05 Å². The predicted octanol–water partition coefficient (Wildman–Crippen LogP) is 2.91. The van der Waals surface area contributed by atoms with Crippen LogP contribution in [0.4, 0.5) is 5.69 Å². The molecule has 0 radical (unpaired) electrons. The molecule has 96 valence electrons. The molecule has 0 aliphatic heterocycles. The maximum absolute atomic E-state index is 5.14. The Morgan fingerprint density at radius 3 is 2.44 bits per heavy atom. The highest BCUT2D eigenvalue weighted by atomic mass is 16.5. The molecule has 1 unspecified atom stereocenters. The second-order valence-corrected chi connectivity index (χ2v) is 4.44. The lowest BCUT2D eigenvalue weighted by Gasteiger charge is -2.14. The van der Waals surface area contributed by atoms with E-state index in [9.17, 15) is 0 Å². The van der Waals surface area contributed by atoms with Crippen LogP contribution < -0.4 is 10.1 Å². The Hall–Kier alpha value is -1.97. The molecule has 0 saturated heterocycles. The Balaban J connectivity index is 2.10. The summed E-state index contributed by atoms with van der Waals surface area (Å²) in [4.78, 5) is 0. The van der Waals surface area contributed by atoms with Crippen LogP contribution in [0, 0.1) is 6.92 Å². The highest BCUT2D eigenvalue weighted by molar-refractivity contribution is 5.48. The fourth-order valence-corrected chi connectivity index (χ4v) is 2.06. The molecule has 0 spiro atoms. The van der Waals surface area contributed by atoms with Crippen LogP contribution in [0.3, 0.4) is 0 Å². The minimum absolute atomic E-state index is 0.229. The molecule has 0 saturated carbocycles. The molecular formula is C14H19N3O. The summed E-state index contributed by atoms with van der Waals surface area (Å²) in [7, 11) is 3.61. The van der Waals surface area contributed by atoms with E-state index in [1.54, 1.807) is 7.11 Å². The van der Waals surface area contributed by atoms with Gasteiger partial charge in [0.15, 0.2) is 0 Å². The van der Waals surface area contributed by atoms with Gasteiger partial charge in [-0.2, -0.15) is 5.10 Å². The third-order valence-electron chi connectivity index (χ3n) is 2.99. The van der Waals surface area contributed by atoms with Crippen molar-refractivity contribution < 1.29 is 4.74 Å². The van der Waals surface area contributed by atoms with Gasteiger partial charge in [0.2, 0.25) is 0 Å².